The lowest BCUT2D eigenvalue weighted by Crippen LogP contribution is -2.31. The van der Waals surface area contributed by atoms with E-state index in [-0.39, 0.29) is 61.3 Å². The zero-order valence-corrected chi connectivity index (χ0v) is 26.7. The quantitative estimate of drug-likeness (QED) is 0.145. The van der Waals surface area contributed by atoms with E-state index in [9.17, 15) is 16.8 Å². The zero-order valence-electron chi connectivity index (χ0n) is 25.1. The molecule has 0 heterocycles. The van der Waals surface area contributed by atoms with E-state index >= 15 is 0 Å². The molecule has 0 saturated carbocycles. The van der Waals surface area contributed by atoms with Gasteiger partial charge in [-0.3, -0.25) is 8.37 Å². The highest BCUT2D eigenvalue weighted by atomic mass is 32.2. The highest BCUT2D eigenvalue weighted by Crippen LogP contribution is 2.22. The lowest BCUT2D eigenvalue weighted by atomic mass is 10.0. The van der Waals surface area contributed by atoms with Crippen LogP contribution in [0.4, 0.5) is 0 Å². The molecule has 0 aliphatic heterocycles. The molecule has 0 saturated heterocycles. The zero-order chi connectivity index (χ0) is 30.5. The van der Waals surface area contributed by atoms with Crippen molar-refractivity contribution in [3.05, 3.63) is 59.7 Å². The van der Waals surface area contributed by atoms with E-state index in [0.717, 1.165) is 24.0 Å². The lowest BCUT2D eigenvalue weighted by Gasteiger charge is -2.23. The molecule has 232 valence electrons. The van der Waals surface area contributed by atoms with Crippen molar-refractivity contribution in [3.63, 3.8) is 0 Å². The molecule has 41 heavy (non-hydrogen) atoms. The van der Waals surface area contributed by atoms with Crippen LogP contribution < -0.4 is 0 Å². The smallest absolute Gasteiger partial charge is 0.297 e. The molecule has 9 nitrogen and oxygen atoms in total. The van der Waals surface area contributed by atoms with Crippen LogP contribution in [0.5, 0.6) is 0 Å². The monoisotopic (exact) mass is 614 g/mol. The molecule has 0 fully saturated rings. The van der Waals surface area contributed by atoms with Gasteiger partial charge in [-0.15, -0.1) is 0 Å². The number of ether oxygens (including phenoxy) is 3. The van der Waals surface area contributed by atoms with Crippen molar-refractivity contribution in [2.24, 2.45) is 11.8 Å². The van der Waals surface area contributed by atoms with Crippen molar-refractivity contribution in [2.45, 2.75) is 76.4 Å². The van der Waals surface area contributed by atoms with Crippen LogP contribution in [0.25, 0.3) is 0 Å². The minimum atomic E-state index is -3.91. The minimum absolute atomic E-state index is 0.0277. The number of hydrogen-bond donors (Lipinski definition) is 0. The second-order valence-corrected chi connectivity index (χ2v) is 13.5. The van der Waals surface area contributed by atoms with Gasteiger partial charge in [-0.05, 0) is 49.9 Å². The van der Waals surface area contributed by atoms with Crippen LogP contribution in [0.2, 0.25) is 0 Å². The molecule has 11 heteroatoms. The Labute approximate surface area is 246 Å². The van der Waals surface area contributed by atoms with Crippen LogP contribution in [0.3, 0.4) is 0 Å². The number of rotatable bonds is 20. The summed E-state index contributed by atoms with van der Waals surface area (Å²) in [6, 6.07) is 13.1. The predicted octanol–water partition coefficient (Wildman–Crippen LogP) is 5.29. The summed E-state index contributed by atoms with van der Waals surface area (Å²) in [5.41, 5.74) is 1.93. The Hall–Kier alpha value is -1.86. The van der Waals surface area contributed by atoms with Gasteiger partial charge in [0.2, 0.25) is 0 Å². The van der Waals surface area contributed by atoms with Crippen molar-refractivity contribution in [2.75, 3.05) is 39.6 Å². The first-order valence-corrected chi connectivity index (χ1v) is 16.9. The second-order valence-electron chi connectivity index (χ2n) is 10.3. The molecule has 0 N–H and O–H groups in total. The molecule has 0 spiro atoms. The molecule has 0 amide bonds. The summed E-state index contributed by atoms with van der Waals surface area (Å²) in [5, 5.41) is 0. The van der Waals surface area contributed by atoms with E-state index < -0.39 is 32.4 Å². The fourth-order valence-corrected chi connectivity index (χ4v) is 5.99. The molecule has 2 aromatic carbocycles. The van der Waals surface area contributed by atoms with Crippen LogP contribution in [0.15, 0.2) is 58.3 Å². The fraction of sp³-hybridized carbons (Fsp3) is 0.600. The summed E-state index contributed by atoms with van der Waals surface area (Å²) in [6.45, 7) is 12.9. The van der Waals surface area contributed by atoms with Crippen molar-refractivity contribution in [1.82, 2.24) is 0 Å². The first-order chi connectivity index (χ1) is 19.4. The van der Waals surface area contributed by atoms with Crippen LogP contribution in [0, 0.1) is 25.7 Å². The third-order valence-corrected chi connectivity index (χ3v) is 9.69. The van der Waals surface area contributed by atoms with E-state index in [1.165, 1.54) is 24.3 Å². The SMILES string of the molecule is CCC(C)[C@H](COCCOCCOC[C@H](OS(=O)(=O)c1ccc(C)cc1)C(C)CC)OS(=O)(=O)c1ccc(C)cc1. The van der Waals surface area contributed by atoms with Crippen LogP contribution in [0.1, 0.15) is 51.7 Å². The Kier molecular flexibility index (Phi) is 14.9. The maximum Gasteiger partial charge on any atom is 0.297 e. The highest BCUT2D eigenvalue weighted by Gasteiger charge is 2.27. The first kappa shape index (κ1) is 35.3. The molecule has 2 aromatic rings. The number of benzene rings is 2. The van der Waals surface area contributed by atoms with Crippen LogP contribution >= 0.6 is 0 Å². The number of hydrogen-bond acceptors (Lipinski definition) is 9. The molecule has 2 unspecified atom stereocenters. The van der Waals surface area contributed by atoms with E-state index in [4.69, 9.17) is 22.6 Å². The topological polar surface area (TPSA) is 114 Å². The van der Waals surface area contributed by atoms with E-state index in [1.54, 1.807) is 24.3 Å². The number of aryl methyl sites for hydroxylation is 2. The highest BCUT2D eigenvalue weighted by molar-refractivity contribution is 7.87. The molecule has 0 aliphatic rings. The summed E-state index contributed by atoms with van der Waals surface area (Å²) in [6.07, 6.45) is 0.226. The lowest BCUT2D eigenvalue weighted by molar-refractivity contribution is -0.0259. The fourth-order valence-electron chi connectivity index (χ4n) is 3.68. The Morgan fingerprint density at radius 2 is 0.878 bits per heavy atom. The van der Waals surface area contributed by atoms with Crippen LogP contribution in [-0.4, -0.2) is 68.7 Å². The molecule has 0 aromatic heterocycles. The Morgan fingerprint density at radius 3 is 1.20 bits per heavy atom. The largest absolute Gasteiger partial charge is 0.377 e. The van der Waals surface area contributed by atoms with Gasteiger partial charge in [-0.2, -0.15) is 16.8 Å². The van der Waals surface area contributed by atoms with Crippen molar-refractivity contribution < 1.29 is 39.4 Å². The Bertz CT molecular complexity index is 1130. The van der Waals surface area contributed by atoms with Gasteiger partial charge >= 0.3 is 0 Å². The predicted molar refractivity (Wildman–Crippen MR) is 158 cm³/mol. The summed E-state index contributed by atoms with van der Waals surface area (Å²) in [7, 11) is -7.82. The molecule has 4 atom stereocenters. The molecular weight excluding hydrogens is 568 g/mol. The summed E-state index contributed by atoms with van der Waals surface area (Å²) in [5.74, 6) is -0.0555. The molecule has 2 rings (SSSR count). The average molecular weight is 615 g/mol. The Morgan fingerprint density at radius 1 is 0.561 bits per heavy atom. The average Bonchev–Trinajstić information content (AvgIpc) is 2.94. The van der Waals surface area contributed by atoms with Gasteiger partial charge < -0.3 is 14.2 Å². The van der Waals surface area contributed by atoms with Gasteiger partial charge in [0.25, 0.3) is 20.2 Å². The first-order valence-electron chi connectivity index (χ1n) is 14.1. The summed E-state index contributed by atoms with van der Waals surface area (Å²) < 4.78 is 78.8. The minimum Gasteiger partial charge on any atom is -0.377 e. The van der Waals surface area contributed by atoms with Gasteiger partial charge in [-0.25, -0.2) is 0 Å². The Balaban J connectivity index is 1.73. The van der Waals surface area contributed by atoms with Gasteiger partial charge in [0, 0.05) is 0 Å². The normalized spacial score (nSPS) is 15.4. The third kappa shape index (κ3) is 12.1. The second kappa shape index (κ2) is 17.3. The molecular formula is C30H46O9S2. The van der Waals surface area contributed by atoms with Crippen LogP contribution in [-0.2, 0) is 42.8 Å². The van der Waals surface area contributed by atoms with Crippen molar-refractivity contribution >= 4 is 20.2 Å². The van der Waals surface area contributed by atoms with Gasteiger partial charge in [0.05, 0.1) is 49.4 Å². The van der Waals surface area contributed by atoms with E-state index in [0.29, 0.717) is 0 Å². The maximum absolute atomic E-state index is 12.7. The van der Waals surface area contributed by atoms with Crippen molar-refractivity contribution in [3.8, 4) is 0 Å². The van der Waals surface area contributed by atoms with Crippen molar-refractivity contribution in [1.29, 1.82) is 0 Å². The maximum atomic E-state index is 12.7. The van der Waals surface area contributed by atoms with Gasteiger partial charge in [0.1, 0.15) is 12.2 Å². The van der Waals surface area contributed by atoms with E-state index in [2.05, 4.69) is 0 Å². The van der Waals surface area contributed by atoms with Gasteiger partial charge in [0.15, 0.2) is 0 Å². The molecule has 0 radical (unpaired) electrons. The molecule has 0 aliphatic carbocycles. The summed E-state index contributed by atoms with van der Waals surface area (Å²) >= 11 is 0. The molecule has 0 bridgehead atoms. The van der Waals surface area contributed by atoms with E-state index in [1.807, 2.05) is 41.5 Å². The van der Waals surface area contributed by atoms with Gasteiger partial charge in [-0.1, -0.05) is 75.9 Å². The summed E-state index contributed by atoms with van der Waals surface area (Å²) in [4.78, 5) is 0.238. The standard InChI is InChI=1S/C30H46O9S2/c1-7-25(5)29(38-40(31,32)27-13-9-23(3)10-14-27)21-36-19-17-35-18-20-37-22-30(26(6)8-2)39-41(33,34)28-15-11-24(4)12-16-28/h9-16,25-26,29-30H,7-8,17-22H2,1-6H3/t25?,26?,29-,30-/m0/s1. The third-order valence-electron chi connectivity index (χ3n) is 6.99.